The van der Waals surface area contributed by atoms with Crippen LogP contribution in [0.15, 0.2) is 46.9 Å². The summed E-state index contributed by atoms with van der Waals surface area (Å²) < 4.78 is 0.978. The lowest BCUT2D eigenvalue weighted by molar-refractivity contribution is -0.115. The van der Waals surface area contributed by atoms with Gasteiger partial charge in [0.1, 0.15) is 5.37 Å². The monoisotopic (exact) mass is 401 g/mol. The highest BCUT2D eigenvalue weighted by atomic mass is 79.9. The van der Waals surface area contributed by atoms with Gasteiger partial charge >= 0.3 is 0 Å². The van der Waals surface area contributed by atoms with Crippen molar-refractivity contribution >= 4 is 62.5 Å². The van der Waals surface area contributed by atoms with Crippen molar-refractivity contribution in [2.75, 3.05) is 10.7 Å². The molecule has 0 spiro atoms. The van der Waals surface area contributed by atoms with E-state index in [9.17, 15) is 4.79 Å². The molecular formula is C15H10BrCl2NOS. The van der Waals surface area contributed by atoms with Gasteiger partial charge in [-0.3, -0.25) is 9.69 Å². The maximum atomic E-state index is 12.2. The summed E-state index contributed by atoms with van der Waals surface area (Å²) in [6.45, 7) is 0. The van der Waals surface area contributed by atoms with Gasteiger partial charge in [0.25, 0.3) is 0 Å². The average Bonchev–Trinajstić information content (AvgIpc) is 2.82. The molecule has 2 nitrogen and oxygen atoms in total. The highest BCUT2D eigenvalue weighted by molar-refractivity contribution is 9.10. The Balaban J connectivity index is 2.01. The Hall–Kier alpha value is -0.680. The van der Waals surface area contributed by atoms with Gasteiger partial charge in [-0.25, -0.2) is 0 Å². The number of halogens is 3. The number of rotatable bonds is 2. The lowest BCUT2D eigenvalue weighted by Gasteiger charge is -2.25. The van der Waals surface area contributed by atoms with Gasteiger partial charge < -0.3 is 0 Å². The van der Waals surface area contributed by atoms with E-state index in [1.165, 1.54) is 0 Å². The van der Waals surface area contributed by atoms with Gasteiger partial charge in [-0.2, -0.15) is 0 Å². The molecule has 1 aliphatic heterocycles. The zero-order valence-electron chi connectivity index (χ0n) is 10.7. The topological polar surface area (TPSA) is 20.3 Å². The van der Waals surface area contributed by atoms with Crippen molar-refractivity contribution in [2.45, 2.75) is 5.37 Å². The molecule has 2 aromatic rings. The van der Waals surface area contributed by atoms with Gasteiger partial charge in [-0.1, -0.05) is 45.2 Å². The maximum Gasteiger partial charge on any atom is 0.238 e. The Kier molecular flexibility index (Phi) is 4.50. The molecule has 0 radical (unpaired) electrons. The van der Waals surface area contributed by atoms with Gasteiger partial charge in [0.2, 0.25) is 5.91 Å². The first-order valence-corrected chi connectivity index (χ1v) is 8.80. The van der Waals surface area contributed by atoms with Crippen LogP contribution >= 0.6 is 50.9 Å². The number of hydrogen-bond donors (Lipinski definition) is 0. The smallest absolute Gasteiger partial charge is 0.238 e. The number of anilines is 1. The molecule has 21 heavy (non-hydrogen) atoms. The van der Waals surface area contributed by atoms with Crippen molar-refractivity contribution < 1.29 is 4.79 Å². The molecule has 0 N–H and O–H groups in total. The number of thioether (sulfide) groups is 1. The predicted molar refractivity (Wildman–Crippen MR) is 93.3 cm³/mol. The van der Waals surface area contributed by atoms with Crippen LogP contribution in [-0.4, -0.2) is 11.7 Å². The van der Waals surface area contributed by atoms with Crippen molar-refractivity contribution in [1.29, 1.82) is 0 Å². The van der Waals surface area contributed by atoms with E-state index in [0.717, 1.165) is 15.7 Å². The van der Waals surface area contributed by atoms with Crippen LogP contribution in [0.3, 0.4) is 0 Å². The third-order valence-electron chi connectivity index (χ3n) is 3.20. The van der Waals surface area contributed by atoms with Crippen LogP contribution in [0.4, 0.5) is 5.69 Å². The minimum absolute atomic E-state index is 0.0818. The largest absolute Gasteiger partial charge is 0.295 e. The van der Waals surface area contributed by atoms with E-state index in [1.807, 2.05) is 30.3 Å². The van der Waals surface area contributed by atoms with Gasteiger partial charge in [0.05, 0.1) is 5.75 Å². The van der Waals surface area contributed by atoms with Crippen molar-refractivity contribution in [1.82, 2.24) is 0 Å². The number of amides is 1. The highest BCUT2D eigenvalue weighted by Crippen LogP contribution is 2.44. The SMILES string of the molecule is O=C1CSC(c2ccc(Cl)cc2Cl)N1c1ccc(Br)cc1. The van der Waals surface area contributed by atoms with Gasteiger partial charge in [-0.05, 0) is 36.4 Å². The molecule has 3 rings (SSSR count). The van der Waals surface area contributed by atoms with Crippen LogP contribution < -0.4 is 4.90 Å². The molecule has 108 valence electrons. The van der Waals surface area contributed by atoms with E-state index in [4.69, 9.17) is 23.2 Å². The number of nitrogens with zero attached hydrogens (tertiary/aromatic N) is 1. The van der Waals surface area contributed by atoms with Gasteiger partial charge in [0, 0.05) is 25.8 Å². The van der Waals surface area contributed by atoms with E-state index >= 15 is 0 Å². The number of hydrogen-bond acceptors (Lipinski definition) is 2. The maximum absolute atomic E-state index is 12.2. The molecule has 1 amide bonds. The first kappa shape index (κ1) is 15.2. The summed E-state index contributed by atoms with van der Waals surface area (Å²) in [5.74, 6) is 0.526. The Morgan fingerprint density at radius 3 is 2.52 bits per heavy atom. The normalized spacial score (nSPS) is 18.3. The molecule has 1 heterocycles. The summed E-state index contributed by atoms with van der Waals surface area (Å²) in [5, 5.41) is 1.05. The molecule has 1 atom stereocenters. The standard InChI is InChI=1S/C15H10BrCl2NOS/c16-9-1-4-11(5-2-9)19-14(20)8-21-15(19)12-6-3-10(17)7-13(12)18/h1-7,15H,8H2. The fourth-order valence-corrected chi connectivity index (χ4v) is 4.29. The van der Waals surface area contributed by atoms with Gasteiger partial charge in [-0.15, -0.1) is 11.8 Å². The summed E-state index contributed by atoms with van der Waals surface area (Å²) in [6, 6.07) is 13.1. The Morgan fingerprint density at radius 2 is 1.86 bits per heavy atom. The molecule has 1 unspecified atom stereocenters. The fraction of sp³-hybridized carbons (Fsp3) is 0.133. The molecule has 0 bridgehead atoms. The van der Waals surface area contributed by atoms with Crippen molar-refractivity contribution in [3.8, 4) is 0 Å². The summed E-state index contributed by atoms with van der Waals surface area (Å²) in [6.07, 6.45) is 0. The van der Waals surface area contributed by atoms with Crippen LogP contribution in [0.25, 0.3) is 0 Å². The average molecular weight is 403 g/mol. The van der Waals surface area contributed by atoms with E-state index in [2.05, 4.69) is 15.9 Å². The highest BCUT2D eigenvalue weighted by Gasteiger charge is 2.35. The zero-order valence-corrected chi connectivity index (χ0v) is 14.6. The van der Waals surface area contributed by atoms with Gasteiger partial charge in [0.15, 0.2) is 0 Å². The minimum atomic E-state index is -0.122. The molecule has 0 aromatic heterocycles. The van der Waals surface area contributed by atoms with Crippen LogP contribution in [0.2, 0.25) is 10.0 Å². The van der Waals surface area contributed by atoms with Crippen molar-refractivity contribution in [3.63, 3.8) is 0 Å². The number of benzene rings is 2. The second-order valence-electron chi connectivity index (χ2n) is 4.57. The van der Waals surface area contributed by atoms with Crippen molar-refractivity contribution in [2.24, 2.45) is 0 Å². The van der Waals surface area contributed by atoms with Crippen LogP contribution in [-0.2, 0) is 4.79 Å². The van der Waals surface area contributed by atoms with E-state index in [1.54, 1.807) is 28.8 Å². The third-order valence-corrected chi connectivity index (χ3v) is 5.49. The van der Waals surface area contributed by atoms with Crippen molar-refractivity contribution in [3.05, 3.63) is 62.5 Å². The van der Waals surface area contributed by atoms with Crippen LogP contribution in [0.5, 0.6) is 0 Å². The fourth-order valence-electron chi connectivity index (χ4n) is 2.24. The molecule has 1 saturated heterocycles. The summed E-state index contributed by atoms with van der Waals surface area (Å²) in [7, 11) is 0. The Bertz CT molecular complexity index is 693. The minimum Gasteiger partial charge on any atom is -0.295 e. The van der Waals surface area contributed by atoms with Crippen LogP contribution in [0, 0.1) is 0 Å². The molecule has 0 saturated carbocycles. The molecule has 2 aromatic carbocycles. The zero-order chi connectivity index (χ0) is 15.0. The lowest BCUT2D eigenvalue weighted by atomic mass is 10.2. The lowest BCUT2D eigenvalue weighted by Crippen LogP contribution is -2.27. The summed E-state index contributed by atoms with van der Waals surface area (Å²) in [5.41, 5.74) is 1.77. The van der Waals surface area contributed by atoms with E-state index < -0.39 is 0 Å². The molecule has 6 heteroatoms. The second-order valence-corrected chi connectivity index (χ2v) is 7.40. The Morgan fingerprint density at radius 1 is 1.14 bits per heavy atom. The predicted octanol–water partition coefficient (Wildman–Crippen LogP) is 5.53. The van der Waals surface area contributed by atoms with Crippen LogP contribution in [0.1, 0.15) is 10.9 Å². The molecular weight excluding hydrogens is 393 g/mol. The first-order valence-electron chi connectivity index (χ1n) is 6.20. The summed E-state index contributed by atoms with van der Waals surface area (Å²) in [4.78, 5) is 14.0. The molecule has 1 fully saturated rings. The third kappa shape index (κ3) is 3.09. The first-order chi connectivity index (χ1) is 10.1. The number of carbonyl (C=O) groups excluding carboxylic acids is 1. The summed E-state index contributed by atoms with van der Waals surface area (Å²) >= 11 is 17.2. The number of carbonyl (C=O) groups is 1. The van der Waals surface area contributed by atoms with E-state index in [-0.39, 0.29) is 11.3 Å². The second kappa shape index (κ2) is 6.21. The Labute approximate surface area is 145 Å². The quantitative estimate of drug-likeness (QED) is 0.657. The molecule has 1 aliphatic rings. The molecule has 0 aliphatic carbocycles. The van der Waals surface area contributed by atoms with E-state index in [0.29, 0.717) is 15.8 Å².